The van der Waals surface area contributed by atoms with Crippen LogP contribution in [0.2, 0.25) is 0 Å². The molecule has 120 valence electrons. The Kier molecular flexibility index (Phi) is 5.81. The fourth-order valence-corrected chi connectivity index (χ4v) is 3.01. The molecule has 0 saturated carbocycles. The zero-order valence-electron chi connectivity index (χ0n) is 13.0. The van der Waals surface area contributed by atoms with Crippen LogP contribution in [0.3, 0.4) is 0 Å². The summed E-state index contributed by atoms with van der Waals surface area (Å²) in [6.45, 7) is 1.45. The van der Waals surface area contributed by atoms with E-state index in [1.807, 2.05) is 23.1 Å². The quantitative estimate of drug-likeness (QED) is 0.877. The van der Waals surface area contributed by atoms with Crippen molar-refractivity contribution in [3.8, 4) is 5.75 Å². The van der Waals surface area contributed by atoms with Crippen molar-refractivity contribution in [2.75, 3.05) is 20.2 Å². The first-order chi connectivity index (χ1) is 10.6. The number of likely N-dealkylation sites (tertiary alicyclic amines) is 1. The summed E-state index contributed by atoms with van der Waals surface area (Å²) in [6, 6.07) is 7.94. The van der Waals surface area contributed by atoms with E-state index in [0.29, 0.717) is 19.4 Å². The molecule has 1 aliphatic heterocycles. The molecule has 2 rings (SSSR count). The number of nitrogens with zero attached hydrogens (tertiary/aromatic N) is 1. The molecule has 1 unspecified atom stereocenters. The fraction of sp³-hybridized carbons (Fsp3) is 0.529. The Hall–Kier alpha value is -2.04. The molecular formula is C17H23NO4. The van der Waals surface area contributed by atoms with Gasteiger partial charge in [0.05, 0.1) is 7.11 Å². The van der Waals surface area contributed by atoms with Crippen LogP contribution in [0.4, 0.5) is 0 Å². The van der Waals surface area contributed by atoms with Crippen molar-refractivity contribution < 1.29 is 19.4 Å². The number of carboxylic acid groups (broad SMARTS) is 1. The first-order valence-corrected chi connectivity index (χ1v) is 7.74. The van der Waals surface area contributed by atoms with Crippen LogP contribution in [-0.2, 0) is 9.59 Å². The Morgan fingerprint density at radius 2 is 2.09 bits per heavy atom. The van der Waals surface area contributed by atoms with Crippen molar-refractivity contribution in [1.29, 1.82) is 0 Å². The van der Waals surface area contributed by atoms with Gasteiger partial charge < -0.3 is 14.7 Å². The highest BCUT2D eigenvalue weighted by atomic mass is 16.5. The number of amides is 1. The molecule has 22 heavy (non-hydrogen) atoms. The third-order valence-electron chi connectivity index (χ3n) is 4.13. The molecule has 1 fully saturated rings. The van der Waals surface area contributed by atoms with Crippen LogP contribution in [0, 0.1) is 0 Å². The van der Waals surface area contributed by atoms with Crippen LogP contribution in [0.25, 0.3) is 0 Å². The topological polar surface area (TPSA) is 66.8 Å². The minimum absolute atomic E-state index is 0.0511. The van der Waals surface area contributed by atoms with Crippen molar-refractivity contribution in [2.45, 2.75) is 38.0 Å². The summed E-state index contributed by atoms with van der Waals surface area (Å²) in [4.78, 5) is 24.6. The van der Waals surface area contributed by atoms with Crippen LogP contribution in [0.1, 0.15) is 43.6 Å². The number of carbonyl (C=O) groups excluding carboxylic acids is 1. The number of piperidine rings is 1. The van der Waals surface area contributed by atoms with E-state index in [9.17, 15) is 9.59 Å². The highest BCUT2D eigenvalue weighted by Crippen LogP contribution is 2.33. The summed E-state index contributed by atoms with van der Waals surface area (Å²) in [5.41, 5.74) is 1.15. The van der Waals surface area contributed by atoms with Gasteiger partial charge in [-0.15, -0.1) is 0 Å². The van der Waals surface area contributed by atoms with E-state index < -0.39 is 5.97 Å². The molecular weight excluding hydrogens is 282 g/mol. The fourth-order valence-electron chi connectivity index (χ4n) is 3.01. The Morgan fingerprint density at radius 1 is 1.32 bits per heavy atom. The van der Waals surface area contributed by atoms with Crippen molar-refractivity contribution in [3.05, 3.63) is 29.8 Å². The van der Waals surface area contributed by atoms with Gasteiger partial charge in [-0.3, -0.25) is 9.59 Å². The summed E-state index contributed by atoms with van der Waals surface area (Å²) < 4.78 is 5.42. The minimum Gasteiger partial charge on any atom is -0.496 e. The maximum Gasteiger partial charge on any atom is 0.303 e. The number of para-hydroxylation sites is 1. The Labute approximate surface area is 130 Å². The predicted molar refractivity (Wildman–Crippen MR) is 83.0 cm³/mol. The van der Waals surface area contributed by atoms with Gasteiger partial charge >= 0.3 is 5.97 Å². The first kappa shape index (κ1) is 16.3. The van der Waals surface area contributed by atoms with E-state index in [1.165, 1.54) is 0 Å². The number of benzene rings is 1. The standard InChI is InChI=1S/C17H23NO4/c1-22-15-8-3-2-7-14(15)13-6-5-11-18(12-13)16(19)9-4-10-17(20)21/h2-3,7-8,13H,4-6,9-12H2,1H3,(H,20,21). The molecule has 0 radical (unpaired) electrons. The monoisotopic (exact) mass is 305 g/mol. The molecule has 0 bridgehead atoms. The number of hydrogen-bond acceptors (Lipinski definition) is 3. The van der Waals surface area contributed by atoms with Crippen LogP contribution in [0.5, 0.6) is 5.75 Å². The minimum atomic E-state index is -0.849. The average Bonchev–Trinajstić information content (AvgIpc) is 2.54. The number of ether oxygens (including phenoxy) is 1. The lowest BCUT2D eigenvalue weighted by Crippen LogP contribution is -2.39. The van der Waals surface area contributed by atoms with Gasteiger partial charge in [0.15, 0.2) is 0 Å². The number of hydrogen-bond donors (Lipinski definition) is 1. The van der Waals surface area contributed by atoms with Gasteiger partial charge in [-0.1, -0.05) is 18.2 Å². The number of aliphatic carboxylic acids is 1. The van der Waals surface area contributed by atoms with Crippen LogP contribution in [-0.4, -0.2) is 42.1 Å². The van der Waals surface area contributed by atoms with Gasteiger partial charge in [0.1, 0.15) is 5.75 Å². The summed E-state index contributed by atoms with van der Waals surface area (Å²) in [6.07, 6.45) is 2.77. The Morgan fingerprint density at radius 3 is 2.82 bits per heavy atom. The summed E-state index contributed by atoms with van der Waals surface area (Å²) >= 11 is 0. The van der Waals surface area contributed by atoms with Gasteiger partial charge in [-0.05, 0) is 30.9 Å². The van der Waals surface area contributed by atoms with E-state index in [-0.39, 0.29) is 18.2 Å². The maximum atomic E-state index is 12.2. The predicted octanol–water partition coefficient (Wildman–Crippen LogP) is 2.66. The molecule has 5 heteroatoms. The van der Waals surface area contributed by atoms with E-state index in [1.54, 1.807) is 7.11 Å². The molecule has 0 aliphatic carbocycles. The van der Waals surface area contributed by atoms with Gasteiger partial charge in [0.2, 0.25) is 5.91 Å². The molecule has 1 atom stereocenters. The van der Waals surface area contributed by atoms with Gasteiger partial charge in [-0.2, -0.15) is 0 Å². The highest BCUT2D eigenvalue weighted by molar-refractivity contribution is 5.77. The third kappa shape index (κ3) is 4.23. The van der Waals surface area contributed by atoms with E-state index in [4.69, 9.17) is 9.84 Å². The molecule has 5 nitrogen and oxygen atoms in total. The molecule has 1 N–H and O–H groups in total. The lowest BCUT2D eigenvalue weighted by atomic mass is 9.89. The third-order valence-corrected chi connectivity index (χ3v) is 4.13. The molecule has 1 aliphatic rings. The zero-order chi connectivity index (χ0) is 15.9. The van der Waals surface area contributed by atoms with Crippen molar-refractivity contribution in [2.24, 2.45) is 0 Å². The number of carboxylic acids is 1. The number of rotatable bonds is 6. The van der Waals surface area contributed by atoms with Crippen LogP contribution < -0.4 is 4.74 Å². The zero-order valence-corrected chi connectivity index (χ0v) is 13.0. The summed E-state index contributed by atoms with van der Waals surface area (Å²) in [5, 5.41) is 8.65. The van der Waals surface area contributed by atoms with Gasteiger partial charge in [-0.25, -0.2) is 0 Å². The van der Waals surface area contributed by atoms with Gasteiger partial charge in [0.25, 0.3) is 0 Å². The normalized spacial score (nSPS) is 18.0. The van der Waals surface area contributed by atoms with Crippen molar-refractivity contribution >= 4 is 11.9 Å². The van der Waals surface area contributed by atoms with Gasteiger partial charge in [0, 0.05) is 31.8 Å². The molecule has 1 heterocycles. The van der Waals surface area contributed by atoms with Crippen molar-refractivity contribution in [1.82, 2.24) is 4.90 Å². The second kappa shape index (κ2) is 7.82. The average molecular weight is 305 g/mol. The highest BCUT2D eigenvalue weighted by Gasteiger charge is 2.26. The van der Waals surface area contributed by atoms with E-state index in [2.05, 4.69) is 6.07 Å². The molecule has 0 spiro atoms. The number of methoxy groups -OCH3 is 1. The molecule has 1 aromatic carbocycles. The SMILES string of the molecule is COc1ccccc1C1CCCN(C(=O)CCCC(=O)O)C1. The first-order valence-electron chi connectivity index (χ1n) is 7.74. The van der Waals surface area contributed by atoms with Crippen molar-refractivity contribution in [3.63, 3.8) is 0 Å². The van der Waals surface area contributed by atoms with E-state index in [0.717, 1.165) is 30.7 Å². The number of carbonyl (C=O) groups is 2. The molecule has 1 aromatic rings. The Balaban J connectivity index is 1.96. The lowest BCUT2D eigenvalue weighted by Gasteiger charge is -2.33. The maximum absolute atomic E-state index is 12.2. The van der Waals surface area contributed by atoms with E-state index >= 15 is 0 Å². The van der Waals surface area contributed by atoms with Crippen LogP contribution in [0.15, 0.2) is 24.3 Å². The summed E-state index contributed by atoms with van der Waals surface area (Å²) in [7, 11) is 1.66. The Bertz CT molecular complexity index is 529. The largest absolute Gasteiger partial charge is 0.496 e. The second-order valence-electron chi connectivity index (χ2n) is 5.67. The second-order valence-corrected chi connectivity index (χ2v) is 5.67. The lowest BCUT2D eigenvalue weighted by molar-refractivity contribution is -0.137. The van der Waals surface area contributed by atoms with Crippen LogP contribution >= 0.6 is 0 Å². The molecule has 0 aromatic heterocycles. The molecule has 1 amide bonds. The smallest absolute Gasteiger partial charge is 0.303 e. The summed E-state index contributed by atoms with van der Waals surface area (Å²) in [5.74, 6) is 0.361. The molecule has 1 saturated heterocycles.